The first kappa shape index (κ1) is 12.6. The summed E-state index contributed by atoms with van der Waals surface area (Å²) >= 11 is 0. The topological polar surface area (TPSA) is 24.1 Å². The molecule has 1 heterocycles. The maximum Gasteiger partial charge on any atom is 0.0102 e. The van der Waals surface area contributed by atoms with E-state index in [9.17, 15) is 0 Å². The lowest BCUT2D eigenvalue weighted by Gasteiger charge is -2.39. The van der Waals surface area contributed by atoms with Gasteiger partial charge in [0.1, 0.15) is 0 Å². The summed E-state index contributed by atoms with van der Waals surface area (Å²) in [5, 5.41) is 7.10. The van der Waals surface area contributed by atoms with E-state index in [0.717, 1.165) is 19.6 Å². The van der Waals surface area contributed by atoms with Gasteiger partial charge in [0.2, 0.25) is 0 Å². The van der Waals surface area contributed by atoms with Gasteiger partial charge >= 0.3 is 0 Å². The van der Waals surface area contributed by atoms with Crippen molar-refractivity contribution in [3.05, 3.63) is 35.9 Å². The average Bonchev–Trinajstić information content (AvgIpc) is 2.39. The van der Waals surface area contributed by atoms with Crippen LogP contribution in [0, 0.1) is 0 Å². The van der Waals surface area contributed by atoms with Crippen LogP contribution < -0.4 is 10.6 Å². The Kier molecular flexibility index (Phi) is 4.19. The molecule has 1 fully saturated rings. The van der Waals surface area contributed by atoms with Crippen molar-refractivity contribution in [2.24, 2.45) is 0 Å². The van der Waals surface area contributed by atoms with Crippen LogP contribution >= 0.6 is 0 Å². The van der Waals surface area contributed by atoms with Crippen molar-refractivity contribution in [3.63, 3.8) is 0 Å². The molecular weight excluding hydrogens is 208 g/mol. The maximum absolute atomic E-state index is 3.63. The largest absolute Gasteiger partial charge is 0.317 e. The number of benzene rings is 1. The van der Waals surface area contributed by atoms with Gasteiger partial charge in [-0.2, -0.15) is 0 Å². The number of rotatable bonds is 4. The van der Waals surface area contributed by atoms with Gasteiger partial charge in [-0.25, -0.2) is 0 Å². The highest BCUT2D eigenvalue weighted by Crippen LogP contribution is 2.32. The van der Waals surface area contributed by atoms with Crippen molar-refractivity contribution in [1.82, 2.24) is 10.6 Å². The summed E-state index contributed by atoms with van der Waals surface area (Å²) in [5.74, 6) is 0. The lowest BCUT2D eigenvalue weighted by molar-refractivity contribution is 0.286. The predicted molar refractivity (Wildman–Crippen MR) is 73.4 cm³/mol. The highest BCUT2D eigenvalue weighted by atomic mass is 14.9. The van der Waals surface area contributed by atoms with Gasteiger partial charge in [-0.3, -0.25) is 0 Å². The molecule has 0 amide bonds. The Balaban J connectivity index is 2.17. The molecule has 2 heteroatoms. The zero-order valence-corrected chi connectivity index (χ0v) is 11.0. The molecule has 2 nitrogen and oxygen atoms in total. The molecule has 0 aliphatic carbocycles. The Morgan fingerprint density at radius 3 is 2.41 bits per heavy atom. The second-order valence-corrected chi connectivity index (χ2v) is 5.43. The van der Waals surface area contributed by atoms with E-state index >= 15 is 0 Å². The Bertz CT molecular complexity index is 326. The molecule has 0 spiro atoms. The molecule has 0 bridgehead atoms. The van der Waals surface area contributed by atoms with E-state index < -0.39 is 0 Å². The van der Waals surface area contributed by atoms with Crippen LogP contribution in [0.15, 0.2) is 30.3 Å². The Morgan fingerprint density at radius 2 is 1.82 bits per heavy atom. The van der Waals surface area contributed by atoms with Gasteiger partial charge in [-0.05, 0) is 31.5 Å². The Labute approximate surface area is 105 Å². The molecule has 1 aliphatic heterocycles. The summed E-state index contributed by atoms with van der Waals surface area (Å²) < 4.78 is 0. The van der Waals surface area contributed by atoms with Crippen molar-refractivity contribution in [1.29, 1.82) is 0 Å². The first-order valence-corrected chi connectivity index (χ1v) is 6.73. The van der Waals surface area contributed by atoms with Crippen molar-refractivity contribution < 1.29 is 0 Å². The molecule has 17 heavy (non-hydrogen) atoms. The SMILES string of the molecule is CC(C)NCC1(c2ccccc2)CCNCC1. The van der Waals surface area contributed by atoms with Crippen molar-refractivity contribution in [2.75, 3.05) is 19.6 Å². The Morgan fingerprint density at radius 1 is 1.18 bits per heavy atom. The molecule has 1 aliphatic rings. The van der Waals surface area contributed by atoms with Crippen LogP contribution in [-0.2, 0) is 5.41 Å². The number of hydrogen-bond donors (Lipinski definition) is 2. The molecule has 1 saturated heterocycles. The number of hydrogen-bond acceptors (Lipinski definition) is 2. The molecule has 1 aromatic rings. The van der Waals surface area contributed by atoms with Gasteiger partial charge < -0.3 is 10.6 Å². The monoisotopic (exact) mass is 232 g/mol. The fraction of sp³-hybridized carbons (Fsp3) is 0.600. The fourth-order valence-electron chi connectivity index (χ4n) is 2.66. The summed E-state index contributed by atoms with van der Waals surface area (Å²) in [6, 6.07) is 11.6. The molecule has 0 saturated carbocycles. The second kappa shape index (κ2) is 5.65. The number of nitrogens with one attached hydrogen (secondary N) is 2. The van der Waals surface area contributed by atoms with E-state index in [4.69, 9.17) is 0 Å². The van der Waals surface area contributed by atoms with Crippen LogP contribution in [0.3, 0.4) is 0 Å². The third-order valence-corrected chi connectivity index (χ3v) is 3.80. The quantitative estimate of drug-likeness (QED) is 0.832. The summed E-state index contributed by atoms with van der Waals surface area (Å²) in [6.07, 6.45) is 2.47. The van der Waals surface area contributed by atoms with Gasteiger partial charge in [-0.15, -0.1) is 0 Å². The predicted octanol–water partition coefficient (Wildman–Crippen LogP) is 2.31. The number of piperidine rings is 1. The van der Waals surface area contributed by atoms with E-state index in [0.29, 0.717) is 11.5 Å². The molecule has 0 unspecified atom stereocenters. The highest BCUT2D eigenvalue weighted by Gasteiger charge is 2.33. The molecule has 1 aromatic carbocycles. The van der Waals surface area contributed by atoms with E-state index in [1.165, 1.54) is 18.4 Å². The van der Waals surface area contributed by atoms with Crippen LogP contribution in [0.2, 0.25) is 0 Å². The van der Waals surface area contributed by atoms with E-state index in [2.05, 4.69) is 54.8 Å². The lowest BCUT2D eigenvalue weighted by Crippen LogP contribution is -2.47. The molecule has 2 rings (SSSR count). The van der Waals surface area contributed by atoms with Gasteiger partial charge in [0, 0.05) is 18.0 Å². The van der Waals surface area contributed by atoms with Gasteiger partial charge in [0.15, 0.2) is 0 Å². The third-order valence-electron chi connectivity index (χ3n) is 3.80. The minimum Gasteiger partial charge on any atom is -0.317 e. The maximum atomic E-state index is 3.63. The Hall–Kier alpha value is -0.860. The smallest absolute Gasteiger partial charge is 0.0102 e. The summed E-state index contributed by atoms with van der Waals surface area (Å²) in [6.45, 7) is 7.80. The molecule has 0 radical (unpaired) electrons. The zero-order chi connectivity index (χ0) is 12.1. The average molecular weight is 232 g/mol. The van der Waals surface area contributed by atoms with Crippen LogP contribution in [-0.4, -0.2) is 25.7 Å². The summed E-state index contributed by atoms with van der Waals surface area (Å²) in [5.41, 5.74) is 1.83. The van der Waals surface area contributed by atoms with Crippen LogP contribution in [0.25, 0.3) is 0 Å². The standard InChI is InChI=1S/C15H24N2/c1-13(2)17-12-15(8-10-16-11-9-15)14-6-4-3-5-7-14/h3-7,13,16-17H,8-12H2,1-2H3. The highest BCUT2D eigenvalue weighted by molar-refractivity contribution is 5.27. The second-order valence-electron chi connectivity index (χ2n) is 5.43. The van der Waals surface area contributed by atoms with Gasteiger partial charge in [-0.1, -0.05) is 44.2 Å². The summed E-state index contributed by atoms with van der Waals surface area (Å²) in [4.78, 5) is 0. The first-order chi connectivity index (χ1) is 8.23. The van der Waals surface area contributed by atoms with E-state index in [1.807, 2.05) is 0 Å². The molecular formula is C15H24N2. The lowest BCUT2D eigenvalue weighted by atomic mass is 9.73. The van der Waals surface area contributed by atoms with E-state index in [-0.39, 0.29) is 0 Å². The first-order valence-electron chi connectivity index (χ1n) is 6.73. The molecule has 2 N–H and O–H groups in total. The fourth-order valence-corrected chi connectivity index (χ4v) is 2.66. The van der Waals surface area contributed by atoms with Gasteiger partial charge in [0.25, 0.3) is 0 Å². The van der Waals surface area contributed by atoms with Crippen molar-refractivity contribution in [2.45, 2.75) is 38.1 Å². The normalized spacial score (nSPS) is 19.5. The van der Waals surface area contributed by atoms with Crippen LogP contribution in [0.5, 0.6) is 0 Å². The molecule has 0 atom stereocenters. The molecule has 0 aromatic heterocycles. The third kappa shape index (κ3) is 3.08. The van der Waals surface area contributed by atoms with Gasteiger partial charge in [0.05, 0.1) is 0 Å². The summed E-state index contributed by atoms with van der Waals surface area (Å²) in [7, 11) is 0. The van der Waals surface area contributed by atoms with Crippen LogP contribution in [0.1, 0.15) is 32.3 Å². The molecule has 94 valence electrons. The minimum absolute atomic E-state index is 0.330. The van der Waals surface area contributed by atoms with E-state index in [1.54, 1.807) is 0 Å². The van der Waals surface area contributed by atoms with Crippen molar-refractivity contribution in [3.8, 4) is 0 Å². The minimum atomic E-state index is 0.330. The van der Waals surface area contributed by atoms with Crippen LogP contribution in [0.4, 0.5) is 0 Å². The zero-order valence-electron chi connectivity index (χ0n) is 11.0. The van der Waals surface area contributed by atoms with Crippen molar-refractivity contribution >= 4 is 0 Å².